The summed E-state index contributed by atoms with van der Waals surface area (Å²) >= 11 is 0. The molecule has 2 saturated heterocycles. The van der Waals surface area contributed by atoms with Gasteiger partial charge < -0.3 is 5.32 Å². The molecule has 0 aliphatic carbocycles. The van der Waals surface area contributed by atoms with Crippen LogP contribution in [0.4, 0.5) is 4.39 Å². The van der Waals surface area contributed by atoms with E-state index in [0.717, 1.165) is 32.6 Å². The topological polar surface area (TPSA) is 52.7 Å². The molecule has 0 radical (unpaired) electrons. The van der Waals surface area contributed by atoms with Crippen molar-refractivity contribution in [2.24, 2.45) is 0 Å². The minimum Gasteiger partial charge on any atom is -0.315 e. The summed E-state index contributed by atoms with van der Waals surface area (Å²) in [5.41, 5.74) is 0.461. The molecule has 3 rings (SSSR count). The molecule has 7 heteroatoms. The Kier molecular flexibility index (Phi) is 4.49. The van der Waals surface area contributed by atoms with Gasteiger partial charge in [0.1, 0.15) is 5.82 Å². The zero-order valence-corrected chi connectivity index (χ0v) is 13.6. The highest BCUT2D eigenvalue weighted by molar-refractivity contribution is 7.89. The van der Waals surface area contributed by atoms with Crippen molar-refractivity contribution in [2.45, 2.75) is 24.3 Å². The normalized spacial score (nSPS) is 24.7. The summed E-state index contributed by atoms with van der Waals surface area (Å²) in [6.07, 6.45) is 1.13. The molecule has 122 valence electrons. The van der Waals surface area contributed by atoms with Gasteiger partial charge in [0.15, 0.2) is 0 Å². The Morgan fingerprint density at radius 1 is 1.23 bits per heavy atom. The van der Waals surface area contributed by atoms with Crippen LogP contribution in [-0.4, -0.2) is 62.9 Å². The molecular formula is C15H22FN3O2S. The van der Waals surface area contributed by atoms with E-state index in [1.165, 1.54) is 22.5 Å². The average Bonchev–Trinajstić information content (AvgIpc) is 3.01. The van der Waals surface area contributed by atoms with Gasteiger partial charge >= 0.3 is 0 Å². The van der Waals surface area contributed by atoms with Gasteiger partial charge in [-0.15, -0.1) is 0 Å². The standard InChI is InChI=1S/C15H22FN3O2S/c1-12-10-13(16)2-3-15(12)22(20,21)19-8-6-18(7-9-19)14-4-5-17-11-14/h2-3,10,14,17H,4-9,11H2,1H3. The quantitative estimate of drug-likeness (QED) is 0.892. The highest BCUT2D eigenvalue weighted by Gasteiger charge is 2.32. The minimum absolute atomic E-state index is 0.213. The van der Waals surface area contributed by atoms with E-state index in [0.29, 0.717) is 24.7 Å². The summed E-state index contributed by atoms with van der Waals surface area (Å²) < 4.78 is 40.1. The molecule has 2 fully saturated rings. The third-order valence-corrected chi connectivity index (χ3v) is 6.64. The fraction of sp³-hybridized carbons (Fsp3) is 0.600. The van der Waals surface area contributed by atoms with E-state index in [-0.39, 0.29) is 4.90 Å². The third-order valence-electron chi connectivity index (χ3n) is 4.58. The molecule has 5 nitrogen and oxygen atoms in total. The van der Waals surface area contributed by atoms with Crippen LogP contribution in [-0.2, 0) is 10.0 Å². The van der Waals surface area contributed by atoms with Gasteiger partial charge in [0, 0.05) is 38.8 Å². The molecule has 1 unspecified atom stereocenters. The van der Waals surface area contributed by atoms with Gasteiger partial charge in [0.05, 0.1) is 4.90 Å². The Bertz CT molecular complexity index is 636. The molecule has 0 amide bonds. The summed E-state index contributed by atoms with van der Waals surface area (Å²) in [7, 11) is -3.53. The average molecular weight is 327 g/mol. The largest absolute Gasteiger partial charge is 0.315 e. The lowest BCUT2D eigenvalue weighted by Crippen LogP contribution is -2.52. The van der Waals surface area contributed by atoms with Crippen molar-refractivity contribution in [3.8, 4) is 0 Å². The Labute approximate surface area is 131 Å². The second-order valence-corrected chi connectivity index (χ2v) is 7.90. The van der Waals surface area contributed by atoms with Crippen LogP contribution >= 0.6 is 0 Å². The second kappa shape index (κ2) is 6.23. The van der Waals surface area contributed by atoms with Crippen LogP contribution in [0, 0.1) is 12.7 Å². The molecule has 0 spiro atoms. The Morgan fingerprint density at radius 2 is 1.95 bits per heavy atom. The molecule has 1 aromatic rings. The molecule has 0 bridgehead atoms. The van der Waals surface area contributed by atoms with Crippen molar-refractivity contribution < 1.29 is 12.8 Å². The van der Waals surface area contributed by atoms with Gasteiger partial charge in [-0.05, 0) is 43.7 Å². The summed E-state index contributed by atoms with van der Waals surface area (Å²) in [6.45, 7) is 6.17. The monoisotopic (exact) mass is 327 g/mol. The maximum Gasteiger partial charge on any atom is 0.243 e. The van der Waals surface area contributed by atoms with Gasteiger partial charge in [-0.1, -0.05) is 0 Å². The molecule has 0 saturated carbocycles. The van der Waals surface area contributed by atoms with Gasteiger partial charge in [-0.25, -0.2) is 12.8 Å². The molecule has 2 heterocycles. The number of rotatable bonds is 3. The van der Waals surface area contributed by atoms with E-state index in [1.807, 2.05) is 0 Å². The molecule has 1 N–H and O–H groups in total. The number of halogens is 1. The van der Waals surface area contributed by atoms with Crippen molar-refractivity contribution in [3.05, 3.63) is 29.6 Å². The summed E-state index contributed by atoms with van der Waals surface area (Å²) in [5.74, 6) is -0.407. The molecule has 1 atom stereocenters. The van der Waals surface area contributed by atoms with E-state index >= 15 is 0 Å². The Hall–Kier alpha value is -1.02. The predicted octanol–water partition coefficient (Wildman–Crippen LogP) is 0.802. The number of nitrogens with zero attached hydrogens (tertiary/aromatic N) is 2. The maximum absolute atomic E-state index is 13.2. The van der Waals surface area contributed by atoms with Crippen LogP contribution in [0.2, 0.25) is 0 Å². The highest BCUT2D eigenvalue weighted by Crippen LogP contribution is 2.23. The number of hydrogen-bond acceptors (Lipinski definition) is 4. The number of nitrogens with one attached hydrogen (secondary N) is 1. The number of sulfonamides is 1. The first-order valence-corrected chi connectivity index (χ1v) is 9.13. The number of piperazine rings is 1. The van der Waals surface area contributed by atoms with Crippen LogP contribution in [0.1, 0.15) is 12.0 Å². The van der Waals surface area contributed by atoms with Crippen molar-refractivity contribution in [2.75, 3.05) is 39.3 Å². The van der Waals surface area contributed by atoms with Gasteiger partial charge in [0.2, 0.25) is 10.0 Å². The molecular weight excluding hydrogens is 305 g/mol. The molecule has 1 aromatic carbocycles. The predicted molar refractivity (Wildman–Crippen MR) is 82.7 cm³/mol. The third kappa shape index (κ3) is 3.03. The second-order valence-electron chi connectivity index (χ2n) is 6.00. The van der Waals surface area contributed by atoms with Crippen LogP contribution in [0.5, 0.6) is 0 Å². The first kappa shape index (κ1) is 15.9. The first-order chi connectivity index (χ1) is 10.5. The summed E-state index contributed by atoms with van der Waals surface area (Å²) in [6, 6.07) is 4.37. The number of aryl methyl sites for hydroxylation is 1. The fourth-order valence-electron chi connectivity index (χ4n) is 3.30. The Balaban J connectivity index is 1.71. The molecule has 22 heavy (non-hydrogen) atoms. The van der Waals surface area contributed by atoms with Crippen LogP contribution in [0.25, 0.3) is 0 Å². The van der Waals surface area contributed by atoms with Gasteiger partial charge in [0.25, 0.3) is 0 Å². The van der Waals surface area contributed by atoms with Crippen molar-refractivity contribution in [1.29, 1.82) is 0 Å². The van der Waals surface area contributed by atoms with Crippen LogP contribution in [0.15, 0.2) is 23.1 Å². The van der Waals surface area contributed by atoms with E-state index in [9.17, 15) is 12.8 Å². The van der Waals surface area contributed by atoms with E-state index in [1.54, 1.807) is 6.92 Å². The van der Waals surface area contributed by atoms with E-state index in [2.05, 4.69) is 10.2 Å². The zero-order chi connectivity index (χ0) is 15.7. The smallest absolute Gasteiger partial charge is 0.243 e. The van der Waals surface area contributed by atoms with Crippen LogP contribution < -0.4 is 5.32 Å². The SMILES string of the molecule is Cc1cc(F)ccc1S(=O)(=O)N1CCN(C2CCNC2)CC1. The van der Waals surface area contributed by atoms with Crippen molar-refractivity contribution >= 4 is 10.0 Å². The molecule has 2 aliphatic rings. The van der Waals surface area contributed by atoms with E-state index in [4.69, 9.17) is 0 Å². The minimum atomic E-state index is -3.53. The lowest BCUT2D eigenvalue weighted by Gasteiger charge is -2.37. The number of hydrogen-bond donors (Lipinski definition) is 1. The van der Waals surface area contributed by atoms with Gasteiger partial charge in [-0.3, -0.25) is 4.90 Å². The van der Waals surface area contributed by atoms with Crippen molar-refractivity contribution in [3.63, 3.8) is 0 Å². The lowest BCUT2D eigenvalue weighted by atomic mass is 10.2. The summed E-state index contributed by atoms with van der Waals surface area (Å²) in [4.78, 5) is 2.58. The fourth-order valence-corrected chi connectivity index (χ4v) is 4.93. The van der Waals surface area contributed by atoms with Gasteiger partial charge in [-0.2, -0.15) is 4.31 Å². The highest BCUT2D eigenvalue weighted by atomic mass is 32.2. The van der Waals surface area contributed by atoms with Crippen LogP contribution in [0.3, 0.4) is 0 Å². The first-order valence-electron chi connectivity index (χ1n) is 7.69. The maximum atomic E-state index is 13.2. The Morgan fingerprint density at radius 3 is 2.55 bits per heavy atom. The number of benzene rings is 1. The lowest BCUT2D eigenvalue weighted by molar-refractivity contribution is 0.145. The van der Waals surface area contributed by atoms with Crippen molar-refractivity contribution in [1.82, 2.24) is 14.5 Å². The van der Waals surface area contributed by atoms with E-state index < -0.39 is 15.8 Å². The summed E-state index contributed by atoms with van der Waals surface area (Å²) in [5, 5.41) is 3.34. The zero-order valence-electron chi connectivity index (χ0n) is 12.8. The molecule has 2 aliphatic heterocycles. The molecule has 0 aromatic heterocycles.